The summed E-state index contributed by atoms with van der Waals surface area (Å²) in [6.45, 7) is 6.45. The van der Waals surface area contributed by atoms with E-state index < -0.39 is 12.0 Å². The summed E-state index contributed by atoms with van der Waals surface area (Å²) >= 11 is 7.83. The number of aromatic nitrogens is 1. The standard InChI is InChI=1S/C32H29ClN2O5S/c1-4-38-26-17-22(15-16-25(26)40-19-21-11-7-6-8-12-21)18-27-30(36)35-29(23-13-9-10-14-24(23)33)28(31(37)39-5-2)20(3)34-32(35)41-27/h6-18,29H,4-5,19H2,1-3H3/b27-18-/t29-/m1/s1. The van der Waals surface area contributed by atoms with Gasteiger partial charge < -0.3 is 14.2 Å². The number of carbonyl (C=O) groups excluding carboxylic acids is 1. The van der Waals surface area contributed by atoms with Crippen LogP contribution in [0.3, 0.4) is 0 Å². The Bertz CT molecular complexity index is 1790. The Balaban J connectivity index is 1.57. The summed E-state index contributed by atoms with van der Waals surface area (Å²) in [7, 11) is 0. The molecule has 41 heavy (non-hydrogen) atoms. The van der Waals surface area contributed by atoms with E-state index in [0.29, 0.717) is 50.3 Å². The monoisotopic (exact) mass is 588 g/mol. The third kappa shape index (κ3) is 5.99. The minimum absolute atomic E-state index is 0.197. The second kappa shape index (κ2) is 12.6. The van der Waals surface area contributed by atoms with E-state index in [2.05, 4.69) is 4.99 Å². The minimum atomic E-state index is -0.770. The van der Waals surface area contributed by atoms with Crippen LogP contribution in [-0.4, -0.2) is 23.8 Å². The molecule has 0 fully saturated rings. The number of rotatable bonds is 9. The lowest BCUT2D eigenvalue weighted by Crippen LogP contribution is -2.40. The quantitative estimate of drug-likeness (QED) is 0.244. The Kier molecular flexibility index (Phi) is 8.71. The van der Waals surface area contributed by atoms with E-state index in [9.17, 15) is 9.59 Å². The Morgan fingerprint density at radius 1 is 1.00 bits per heavy atom. The van der Waals surface area contributed by atoms with Gasteiger partial charge in [-0.25, -0.2) is 9.79 Å². The van der Waals surface area contributed by atoms with Gasteiger partial charge in [-0.2, -0.15) is 0 Å². The summed E-state index contributed by atoms with van der Waals surface area (Å²) < 4.78 is 19.2. The van der Waals surface area contributed by atoms with Gasteiger partial charge in [-0.15, -0.1) is 0 Å². The molecule has 0 spiro atoms. The summed E-state index contributed by atoms with van der Waals surface area (Å²) in [4.78, 5) is 32.1. The highest BCUT2D eigenvalue weighted by atomic mass is 35.5. The smallest absolute Gasteiger partial charge is 0.338 e. The Labute approximate surface area is 246 Å². The SMILES string of the molecule is CCOC(=O)C1=C(C)N=c2s/c(=C\c3ccc(OCc4ccccc4)c(OCC)c3)c(=O)n2[C@@H]1c1ccccc1Cl. The van der Waals surface area contributed by atoms with E-state index in [0.717, 1.165) is 11.1 Å². The Hall–Kier alpha value is -4.14. The van der Waals surface area contributed by atoms with Crippen LogP contribution >= 0.6 is 22.9 Å². The Morgan fingerprint density at radius 3 is 2.49 bits per heavy atom. The van der Waals surface area contributed by atoms with E-state index in [-0.39, 0.29) is 17.7 Å². The zero-order valence-electron chi connectivity index (χ0n) is 22.9. The van der Waals surface area contributed by atoms with Gasteiger partial charge in [0.2, 0.25) is 0 Å². The molecule has 0 saturated carbocycles. The van der Waals surface area contributed by atoms with Crippen LogP contribution in [0.4, 0.5) is 0 Å². The number of hydrogen-bond acceptors (Lipinski definition) is 7. The summed E-state index contributed by atoms with van der Waals surface area (Å²) in [6.07, 6.45) is 1.79. The first-order valence-electron chi connectivity index (χ1n) is 13.3. The normalized spacial score (nSPS) is 14.8. The largest absolute Gasteiger partial charge is 0.490 e. The van der Waals surface area contributed by atoms with Gasteiger partial charge >= 0.3 is 5.97 Å². The number of allylic oxidation sites excluding steroid dienone is 1. The predicted molar refractivity (Wildman–Crippen MR) is 160 cm³/mol. The van der Waals surface area contributed by atoms with Crippen molar-refractivity contribution in [3.63, 3.8) is 0 Å². The molecule has 0 aliphatic carbocycles. The lowest BCUT2D eigenvalue weighted by atomic mass is 9.96. The van der Waals surface area contributed by atoms with Crippen LogP contribution in [0.15, 0.2) is 93.9 Å². The molecular weight excluding hydrogens is 560 g/mol. The first kappa shape index (κ1) is 28.4. The van der Waals surface area contributed by atoms with Crippen molar-refractivity contribution in [1.82, 2.24) is 4.57 Å². The average Bonchev–Trinajstić information content (AvgIpc) is 3.27. The van der Waals surface area contributed by atoms with Gasteiger partial charge in [0.1, 0.15) is 12.6 Å². The molecule has 4 aromatic rings. The number of hydrogen-bond donors (Lipinski definition) is 0. The summed E-state index contributed by atoms with van der Waals surface area (Å²) in [5.41, 5.74) is 2.93. The number of esters is 1. The van der Waals surface area contributed by atoms with Gasteiger partial charge in [0.05, 0.1) is 29.0 Å². The van der Waals surface area contributed by atoms with Crippen molar-refractivity contribution in [1.29, 1.82) is 0 Å². The fourth-order valence-corrected chi connectivity index (χ4v) is 5.96. The van der Waals surface area contributed by atoms with Crippen LogP contribution in [0, 0.1) is 0 Å². The number of halogens is 1. The first-order chi connectivity index (χ1) is 19.9. The zero-order chi connectivity index (χ0) is 28.9. The third-order valence-corrected chi connectivity index (χ3v) is 7.85. The number of thiazole rings is 1. The molecule has 2 heterocycles. The van der Waals surface area contributed by atoms with Gasteiger partial charge in [0.15, 0.2) is 16.3 Å². The molecular formula is C32H29ClN2O5S. The van der Waals surface area contributed by atoms with Crippen molar-refractivity contribution < 1.29 is 19.0 Å². The second-order valence-electron chi connectivity index (χ2n) is 9.24. The number of nitrogens with zero attached hydrogens (tertiary/aromatic N) is 2. The topological polar surface area (TPSA) is 79.1 Å². The molecule has 210 valence electrons. The number of fused-ring (bicyclic) bond motifs is 1. The number of carbonyl (C=O) groups is 1. The molecule has 3 aromatic carbocycles. The highest BCUT2D eigenvalue weighted by molar-refractivity contribution is 7.07. The Morgan fingerprint density at radius 2 is 1.76 bits per heavy atom. The summed E-state index contributed by atoms with van der Waals surface area (Å²) in [5.74, 6) is 0.669. The van der Waals surface area contributed by atoms with Gasteiger partial charge in [-0.1, -0.05) is 77.5 Å². The maximum atomic E-state index is 13.9. The first-order valence-corrected chi connectivity index (χ1v) is 14.5. The molecule has 0 unspecified atom stereocenters. The number of benzene rings is 3. The molecule has 1 aliphatic rings. The molecule has 0 saturated heterocycles. The van der Waals surface area contributed by atoms with Crippen LogP contribution in [0.1, 0.15) is 43.5 Å². The van der Waals surface area contributed by atoms with Crippen LogP contribution in [0.2, 0.25) is 5.02 Å². The van der Waals surface area contributed by atoms with Crippen LogP contribution in [0.25, 0.3) is 6.08 Å². The minimum Gasteiger partial charge on any atom is -0.490 e. The molecule has 5 rings (SSSR count). The van der Waals surface area contributed by atoms with E-state index in [1.807, 2.05) is 67.6 Å². The van der Waals surface area contributed by atoms with E-state index in [4.69, 9.17) is 25.8 Å². The van der Waals surface area contributed by atoms with Gasteiger partial charge in [0.25, 0.3) is 5.56 Å². The molecule has 0 radical (unpaired) electrons. The number of ether oxygens (including phenoxy) is 3. The molecule has 1 aromatic heterocycles. The lowest BCUT2D eigenvalue weighted by molar-refractivity contribution is -0.139. The molecule has 7 nitrogen and oxygen atoms in total. The van der Waals surface area contributed by atoms with Crippen LogP contribution in [-0.2, 0) is 16.1 Å². The highest BCUT2D eigenvalue weighted by Gasteiger charge is 2.34. The molecule has 9 heteroatoms. The summed E-state index contributed by atoms with van der Waals surface area (Å²) in [6, 6.07) is 21.9. The molecule has 0 bridgehead atoms. The third-order valence-electron chi connectivity index (χ3n) is 6.52. The molecule has 1 atom stereocenters. The fraction of sp³-hybridized carbons (Fsp3) is 0.219. The summed E-state index contributed by atoms with van der Waals surface area (Å²) in [5, 5.41) is 0.441. The predicted octanol–water partition coefficient (Wildman–Crippen LogP) is 5.43. The van der Waals surface area contributed by atoms with Gasteiger partial charge in [-0.05, 0) is 61.7 Å². The second-order valence-corrected chi connectivity index (χ2v) is 10.7. The van der Waals surface area contributed by atoms with Crippen LogP contribution in [0.5, 0.6) is 11.5 Å². The van der Waals surface area contributed by atoms with E-state index in [1.54, 1.807) is 32.1 Å². The van der Waals surface area contributed by atoms with Crippen molar-refractivity contribution in [2.45, 2.75) is 33.4 Å². The highest BCUT2D eigenvalue weighted by Crippen LogP contribution is 2.34. The zero-order valence-corrected chi connectivity index (χ0v) is 24.5. The van der Waals surface area contributed by atoms with Crippen molar-refractivity contribution in [2.75, 3.05) is 13.2 Å². The van der Waals surface area contributed by atoms with Crippen molar-refractivity contribution in [3.8, 4) is 11.5 Å². The van der Waals surface area contributed by atoms with Crippen molar-refractivity contribution in [3.05, 3.63) is 125 Å². The van der Waals surface area contributed by atoms with E-state index >= 15 is 0 Å². The van der Waals surface area contributed by atoms with Crippen molar-refractivity contribution >= 4 is 35.0 Å². The maximum Gasteiger partial charge on any atom is 0.338 e. The molecule has 0 amide bonds. The maximum absolute atomic E-state index is 13.9. The van der Waals surface area contributed by atoms with Crippen LogP contribution < -0.4 is 24.4 Å². The fourth-order valence-electron chi connectivity index (χ4n) is 4.67. The van der Waals surface area contributed by atoms with Gasteiger partial charge in [-0.3, -0.25) is 9.36 Å². The average molecular weight is 589 g/mol. The molecule has 0 N–H and O–H groups in total. The van der Waals surface area contributed by atoms with Crippen molar-refractivity contribution in [2.24, 2.45) is 4.99 Å². The van der Waals surface area contributed by atoms with E-state index in [1.165, 1.54) is 15.9 Å². The lowest BCUT2D eigenvalue weighted by Gasteiger charge is -2.25. The van der Waals surface area contributed by atoms with Gasteiger partial charge in [0, 0.05) is 5.02 Å². The molecule has 1 aliphatic heterocycles.